The number of carboxylic acid groups (broad SMARTS) is 1. The molecule has 1 heterocycles. The lowest BCUT2D eigenvalue weighted by Crippen LogP contribution is -2.14. The van der Waals surface area contributed by atoms with Gasteiger partial charge < -0.3 is 5.11 Å². The fourth-order valence-electron chi connectivity index (χ4n) is 1.87. The summed E-state index contributed by atoms with van der Waals surface area (Å²) in [6, 6.07) is 7.18. The molecule has 0 saturated carbocycles. The van der Waals surface area contributed by atoms with E-state index in [2.05, 4.69) is 20.9 Å². The number of aryl methyl sites for hydroxylation is 1. The first-order valence-electron chi connectivity index (χ1n) is 6.24. The molecule has 0 radical (unpaired) electrons. The molecule has 2 rings (SSSR count). The molecule has 5 nitrogen and oxygen atoms in total. The number of benzene rings is 1. The summed E-state index contributed by atoms with van der Waals surface area (Å²) in [5, 5.41) is 9.18. The van der Waals surface area contributed by atoms with Crippen molar-refractivity contribution >= 4 is 33.7 Å². The Hall–Kier alpha value is -1.60. The summed E-state index contributed by atoms with van der Waals surface area (Å²) in [6.07, 6.45) is 2.44. The lowest BCUT2D eigenvalue weighted by molar-refractivity contribution is -0.133. The normalized spacial score (nSPS) is 10.6. The molecule has 1 N–H and O–H groups in total. The Morgan fingerprint density at radius 3 is 2.86 bits per heavy atom. The zero-order chi connectivity index (χ0) is 15.4. The highest BCUT2D eigenvalue weighted by Crippen LogP contribution is 2.24. The number of nitrogens with zero attached hydrogens (tertiary/aromatic N) is 2. The third kappa shape index (κ3) is 3.95. The minimum Gasteiger partial charge on any atom is -0.481 e. The number of aromatic nitrogens is 2. The van der Waals surface area contributed by atoms with E-state index in [1.54, 1.807) is 10.8 Å². The third-order valence-corrected chi connectivity index (χ3v) is 4.22. The topological polar surface area (TPSA) is 72.2 Å². The number of rotatable bonds is 5. The molecule has 0 aliphatic carbocycles. The van der Waals surface area contributed by atoms with Crippen LogP contribution in [0.1, 0.15) is 12.5 Å². The van der Waals surface area contributed by atoms with Crippen LogP contribution in [0.2, 0.25) is 0 Å². The van der Waals surface area contributed by atoms with E-state index < -0.39 is 5.97 Å². The van der Waals surface area contributed by atoms with Gasteiger partial charge >= 0.3 is 5.97 Å². The van der Waals surface area contributed by atoms with Crippen molar-refractivity contribution in [2.24, 2.45) is 0 Å². The Morgan fingerprint density at radius 1 is 1.43 bits per heavy atom. The first-order chi connectivity index (χ1) is 10.0. The number of aliphatic carboxylic acids is 1. The van der Waals surface area contributed by atoms with Gasteiger partial charge in [0.15, 0.2) is 5.16 Å². The zero-order valence-electron chi connectivity index (χ0n) is 11.2. The smallest absolute Gasteiger partial charge is 0.313 e. The molecule has 2 aromatic rings. The summed E-state index contributed by atoms with van der Waals surface area (Å²) in [5.41, 5.74) is 1.59. The highest BCUT2D eigenvalue weighted by Gasteiger charge is 2.11. The largest absolute Gasteiger partial charge is 0.481 e. The van der Waals surface area contributed by atoms with E-state index in [0.717, 1.165) is 33.9 Å². The highest BCUT2D eigenvalue weighted by molar-refractivity contribution is 9.10. The standard InChI is InChI=1S/C14H13BrN2O3S/c1-2-9-7-10(15)3-4-11(9)17-6-5-12(18)16-14(17)21-8-13(19)20/h3-7H,2,8H2,1H3,(H,19,20). The second kappa shape index (κ2) is 6.91. The summed E-state index contributed by atoms with van der Waals surface area (Å²) in [5.74, 6) is -1.09. The van der Waals surface area contributed by atoms with E-state index in [9.17, 15) is 9.59 Å². The molecule has 0 aliphatic heterocycles. The predicted octanol–water partition coefficient (Wildman–Crippen LogP) is 2.73. The van der Waals surface area contributed by atoms with Crippen LogP contribution in [0.5, 0.6) is 0 Å². The summed E-state index contributed by atoms with van der Waals surface area (Å²) in [4.78, 5) is 26.1. The second-order valence-corrected chi connectivity index (χ2v) is 6.09. The van der Waals surface area contributed by atoms with Crippen molar-refractivity contribution in [3.8, 4) is 5.69 Å². The molecule has 0 bridgehead atoms. The summed E-state index contributed by atoms with van der Waals surface area (Å²) in [7, 11) is 0. The van der Waals surface area contributed by atoms with Crippen molar-refractivity contribution in [2.75, 3.05) is 5.75 Å². The molecule has 110 valence electrons. The molecule has 0 saturated heterocycles. The average Bonchev–Trinajstić information content (AvgIpc) is 2.45. The number of hydrogen-bond donors (Lipinski definition) is 1. The molecular weight excluding hydrogens is 356 g/mol. The van der Waals surface area contributed by atoms with Crippen molar-refractivity contribution in [3.05, 3.63) is 50.9 Å². The van der Waals surface area contributed by atoms with Gasteiger partial charge in [0.25, 0.3) is 5.56 Å². The monoisotopic (exact) mass is 368 g/mol. The third-order valence-electron chi connectivity index (χ3n) is 2.78. The molecule has 0 aliphatic rings. The van der Waals surface area contributed by atoms with Crippen LogP contribution in [0, 0.1) is 0 Å². The van der Waals surface area contributed by atoms with Crippen LogP contribution in [0.3, 0.4) is 0 Å². The van der Waals surface area contributed by atoms with E-state index in [1.165, 1.54) is 6.07 Å². The van der Waals surface area contributed by atoms with Gasteiger partial charge in [0.1, 0.15) is 0 Å². The molecule has 7 heteroatoms. The predicted molar refractivity (Wildman–Crippen MR) is 85.3 cm³/mol. The van der Waals surface area contributed by atoms with Crippen LogP contribution in [0.4, 0.5) is 0 Å². The Labute approximate surface area is 134 Å². The number of thioether (sulfide) groups is 1. The Balaban J connectivity index is 2.52. The molecular formula is C14H13BrN2O3S. The SMILES string of the molecule is CCc1cc(Br)ccc1-n1ccc(=O)nc1SCC(=O)O. The number of halogens is 1. The quantitative estimate of drug-likeness (QED) is 0.648. The van der Waals surface area contributed by atoms with Crippen molar-refractivity contribution in [2.45, 2.75) is 18.5 Å². The van der Waals surface area contributed by atoms with Gasteiger partial charge in [-0.3, -0.25) is 14.2 Å². The Morgan fingerprint density at radius 2 is 2.19 bits per heavy atom. The van der Waals surface area contributed by atoms with E-state index >= 15 is 0 Å². The second-order valence-electron chi connectivity index (χ2n) is 4.23. The molecule has 0 atom stereocenters. The minimum absolute atomic E-state index is 0.144. The van der Waals surface area contributed by atoms with Gasteiger partial charge in [0.2, 0.25) is 0 Å². The van der Waals surface area contributed by atoms with Crippen LogP contribution < -0.4 is 5.56 Å². The van der Waals surface area contributed by atoms with Crippen molar-refractivity contribution in [1.82, 2.24) is 9.55 Å². The molecule has 0 spiro atoms. The van der Waals surface area contributed by atoms with E-state index in [4.69, 9.17) is 5.11 Å². The summed E-state index contributed by atoms with van der Waals surface area (Å²) < 4.78 is 2.72. The lowest BCUT2D eigenvalue weighted by Gasteiger charge is -2.15. The molecule has 21 heavy (non-hydrogen) atoms. The molecule has 0 amide bonds. The van der Waals surface area contributed by atoms with E-state index in [0.29, 0.717) is 5.16 Å². The average molecular weight is 369 g/mol. The highest BCUT2D eigenvalue weighted by atomic mass is 79.9. The van der Waals surface area contributed by atoms with Gasteiger partial charge in [-0.1, -0.05) is 34.6 Å². The van der Waals surface area contributed by atoms with Crippen molar-refractivity contribution in [3.63, 3.8) is 0 Å². The number of carbonyl (C=O) groups is 1. The fourth-order valence-corrected chi connectivity index (χ4v) is 2.99. The first-order valence-corrected chi connectivity index (χ1v) is 8.02. The number of carboxylic acids is 1. The van der Waals surface area contributed by atoms with Crippen LogP contribution in [0.15, 0.2) is 44.9 Å². The van der Waals surface area contributed by atoms with Crippen molar-refractivity contribution < 1.29 is 9.90 Å². The maximum absolute atomic E-state index is 11.4. The van der Waals surface area contributed by atoms with E-state index in [-0.39, 0.29) is 11.3 Å². The van der Waals surface area contributed by atoms with Crippen LogP contribution in [-0.4, -0.2) is 26.4 Å². The molecule has 0 fully saturated rings. The summed E-state index contributed by atoms with van der Waals surface area (Å²) in [6.45, 7) is 2.03. The molecule has 1 aromatic heterocycles. The fraction of sp³-hybridized carbons (Fsp3) is 0.214. The maximum Gasteiger partial charge on any atom is 0.313 e. The van der Waals surface area contributed by atoms with E-state index in [1.807, 2.05) is 25.1 Å². The zero-order valence-corrected chi connectivity index (χ0v) is 13.6. The van der Waals surface area contributed by atoms with Gasteiger partial charge in [-0.15, -0.1) is 0 Å². The van der Waals surface area contributed by atoms with Gasteiger partial charge in [-0.05, 0) is 30.2 Å². The van der Waals surface area contributed by atoms with Crippen LogP contribution >= 0.6 is 27.7 Å². The Bertz CT molecular complexity index is 730. The van der Waals surface area contributed by atoms with Gasteiger partial charge in [0, 0.05) is 16.7 Å². The van der Waals surface area contributed by atoms with Gasteiger partial charge in [0.05, 0.1) is 11.4 Å². The Kier molecular flexibility index (Phi) is 5.19. The van der Waals surface area contributed by atoms with Crippen LogP contribution in [-0.2, 0) is 11.2 Å². The minimum atomic E-state index is -0.948. The first kappa shape index (κ1) is 15.8. The molecule has 1 aromatic carbocycles. The van der Waals surface area contributed by atoms with Gasteiger partial charge in [-0.2, -0.15) is 4.98 Å². The van der Waals surface area contributed by atoms with Crippen molar-refractivity contribution in [1.29, 1.82) is 0 Å². The lowest BCUT2D eigenvalue weighted by atomic mass is 10.1. The molecule has 0 unspecified atom stereocenters. The maximum atomic E-state index is 11.4. The summed E-state index contributed by atoms with van der Waals surface area (Å²) >= 11 is 4.46. The number of hydrogen-bond acceptors (Lipinski definition) is 4. The van der Waals surface area contributed by atoms with Crippen LogP contribution in [0.25, 0.3) is 5.69 Å². The van der Waals surface area contributed by atoms with Gasteiger partial charge in [-0.25, -0.2) is 0 Å².